The van der Waals surface area contributed by atoms with Gasteiger partial charge in [0.25, 0.3) is 0 Å². The third-order valence-electron chi connectivity index (χ3n) is 2.18. The van der Waals surface area contributed by atoms with Gasteiger partial charge in [-0.05, 0) is 32.4 Å². The molecule has 15 heavy (non-hydrogen) atoms. The van der Waals surface area contributed by atoms with Crippen molar-refractivity contribution in [1.29, 1.82) is 0 Å². The van der Waals surface area contributed by atoms with Crippen LogP contribution in [0.15, 0.2) is 18.3 Å². The first-order valence-corrected chi connectivity index (χ1v) is 4.92. The molecule has 1 heterocycles. The molecule has 0 saturated carbocycles. The highest BCUT2D eigenvalue weighted by Crippen LogP contribution is 2.17. The predicted octanol–water partition coefficient (Wildman–Crippen LogP) is 1.69. The molecular formula is C11H16N2O2. The van der Waals surface area contributed by atoms with Crippen molar-refractivity contribution in [2.24, 2.45) is 0 Å². The second kappa shape index (κ2) is 4.77. The van der Waals surface area contributed by atoms with Crippen molar-refractivity contribution >= 4 is 11.8 Å². The summed E-state index contributed by atoms with van der Waals surface area (Å²) in [5, 5.41) is 8.82. The van der Waals surface area contributed by atoms with Crippen molar-refractivity contribution in [3.05, 3.63) is 23.9 Å². The zero-order valence-corrected chi connectivity index (χ0v) is 9.27. The third kappa shape index (κ3) is 2.94. The zero-order valence-electron chi connectivity index (χ0n) is 9.27. The summed E-state index contributed by atoms with van der Waals surface area (Å²) in [7, 11) is 0. The largest absolute Gasteiger partial charge is 0.480 e. The molecule has 0 fully saturated rings. The number of carboxylic acids is 1. The molecule has 1 N–H and O–H groups in total. The molecule has 1 aromatic heterocycles. The van der Waals surface area contributed by atoms with Crippen LogP contribution in [0.3, 0.4) is 0 Å². The molecule has 1 aromatic rings. The molecule has 0 spiro atoms. The molecule has 0 amide bonds. The van der Waals surface area contributed by atoms with Crippen molar-refractivity contribution < 1.29 is 9.90 Å². The van der Waals surface area contributed by atoms with Gasteiger partial charge in [0.2, 0.25) is 0 Å². The molecule has 0 unspecified atom stereocenters. The molecule has 0 aliphatic heterocycles. The minimum absolute atomic E-state index is 0.0183. The van der Waals surface area contributed by atoms with E-state index in [0.29, 0.717) is 0 Å². The summed E-state index contributed by atoms with van der Waals surface area (Å²) in [6, 6.07) is 3.90. The van der Waals surface area contributed by atoms with E-state index < -0.39 is 5.97 Å². The normalized spacial score (nSPS) is 10.4. The van der Waals surface area contributed by atoms with Crippen LogP contribution in [-0.4, -0.2) is 28.6 Å². The molecule has 0 aromatic carbocycles. The molecule has 4 nitrogen and oxygen atoms in total. The Bertz CT molecular complexity index is 350. The number of aryl methyl sites for hydroxylation is 1. The number of hydrogen-bond donors (Lipinski definition) is 1. The van der Waals surface area contributed by atoms with Gasteiger partial charge in [-0.25, -0.2) is 4.98 Å². The van der Waals surface area contributed by atoms with Gasteiger partial charge in [0, 0.05) is 12.2 Å². The van der Waals surface area contributed by atoms with E-state index in [2.05, 4.69) is 4.98 Å². The summed E-state index contributed by atoms with van der Waals surface area (Å²) in [6.07, 6.45) is 1.68. The second-order valence-corrected chi connectivity index (χ2v) is 3.76. The van der Waals surface area contributed by atoms with Gasteiger partial charge in [-0.15, -0.1) is 0 Å². The van der Waals surface area contributed by atoms with E-state index in [1.807, 2.05) is 32.9 Å². The minimum atomic E-state index is -0.839. The van der Waals surface area contributed by atoms with E-state index in [9.17, 15) is 4.79 Å². The molecule has 0 bridgehead atoms. The summed E-state index contributed by atoms with van der Waals surface area (Å²) in [4.78, 5) is 16.7. The van der Waals surface area contributed by atoms with E-state index in [4.69, 9.17) is 5.11 Å². The number of carbonyl (C=O) groups is 1. The predicted molar refractivity (Wildman–Crippen MR) is 59.1 cm³/mol. The second-order valence-electron chi connectivity index (χ2n) is 3.76. The molecular weight excluding hydrogens is 192 g/mol. The maximum absolute atomic E-state index is 10.7. The Morgan fingerprint density at radius 2 is 2.27 bits per heavy atom. The quantitative estimate of drug-likeness (QED) is 0.818. The van der Waals surface area contributed by atoms with Crippen LogP contribution in [0.4, 0.5) is 5.82 Å². The standard InChI is InChI=1S/C11H16N2O2/c1-8(2)13(7-10(14)15)11-9(3)5-4-6-12-11/h4-6,8H,7H2,1-3H3,(H,14,15). The molecule has 82 valence electrons. The number of nitrogens with zero attached hydrogens (tertiary/aromatic N) is 2. The lowest BCUT2D eigenvalue weighted by molar-refractivity contribution is -0.135. The highest BCUT2D eigenvalue weighted by atomic mass is 16.4. The number of aliphatic carboxylic acids is 1. The molecule has 0 saturated heterocycles. The lowest BCUT2D eigenvalue weighted by atomic mass is 10.2. The van der Waals surface area contributed by atoms with Gasteiger partial charge in [0.15, 0.2) is 0 Å². The first-order chi connectivity index (χ1) is 7.02. The van der Waals surface area contributed by atoms with Crippen molar-refractivity contribution in [2.45, 2.75) is 26.8 Å². The first kappa shape index (κ1) is 11.5. The highest BCUT2D eigenvalue weighted by Gasteiger charge is 2.16. The van der Waals surface area contributed by atoms with Crippen molar-refractivity contribution in [2.75, 3.05) is 11.4 Å². The number of carboxylic acid groups (broad SMARTS) is 1. The summed E-state index contributed by atoms with van der Waals surface area (Å²) >= 11 is 0. The van der Waals surface area contributed by atoms with E-state index in [-0.39, 0.29) is 12.6 Å². The van der Waals surface area contributed by atoms with Gasteiger partial charge in [0.05, 0.1) is 0 Å². The fourth-order valence-electron chi connectivity index (χ4n) is 1.43. The number of hydrogen-bond acceptors (Lipinski definition) is 3. The summed E-state index contributed by atoms with van der Waals surface area (Å²) in [6.45, 7) is 5.82. The maximum Gasteiger partial charge on any atom is 0.323 e. The van der Waals surface area contributed by atoms with Gasteiger partial charge in [-0.2, -0.15) is 0 Å². The van der Waals surface area contributed by atoms with Crippen LogP contribution < -0.4 is 4.90 Å². The first-order valence-electron chi connectivity index (χ1n) is 4.92. The Morgan fingerprint density at radius 1 is 1.60 bits per heavy atom. The summed E-state index contributed by atoms with van der Waals surface area (Å²) < 4.78 is 0. The van der Waals surface area contributed by atoms with Crippen LogP contribution in [0.25, 0.3) is 0 Å². The Kier molecular flexibility index (Phi) is 3.66. The molecule has 0 atom stereocenters. The smallest absolute Gasteiger partial charge is 0.323 e. The Labute approximate surface area is 89.6 Å². The summed E-state index contributed by atoms with van der Waals surface area (Å²) in [5.41, 5.74) is 0.993. The Balaban J connectivity index is 2.99. The molecule has 0 aliphatic rings. The fourth-order valence-corrected chi connectivity index (χ4v) is 1.43. The van der Waals surface area contributed by atoms with E-state index in [1.165, 1.54) is 0 Å². The SMILES string of the molecule is Cc1cccnc1N(CC(=O)O)C(C)C. The average molecular weight is 208 g/mol. The van der Waals surface area contributed by atoms with Gasteiger partial charge in [0.1, 0.15) is 12.4 Å². The third-order valence-corrected chi connectivity index (χ3v) is 2.18. The maximum atomic E-state index is 10.7. The van der Waals surface area contributed by atoms with Crippen molar-refractivity contribution in [1.82, 2.24) is 4.98 Å². The highest BCUT2D eigenvalue weighted by molar-refractivity contribution is 5.73. The van der Waals surface area contributed by atoms with Crippen LogP contribution in [0.1, 0.15) is 19.4 Å². The Morgan fingerprint density at radius 3 is 2.73 bits per heavy atom. The fraction of sp³-hybridized carbons (Fsp3) is 0.455. The molecule has 1 rings (SSSR count). The number of rotatable bonds is 4. The average Bonchev–Trinajstić information content (AvgIpc) is 2.15. The Hall–Kier alpha value is -1.58. The van der Waals surface area contributed by atoms with E-state index >= 15 is 0 Å². The molecule has 0 aliphatic carbocycles. The van der Waals surface area contributed by atoms with Crippen molar-refractivity contribution in [3.63, 3.8) is 0 Å². The van der Waals surface area contributed by atoms with Crippen LogP contribution in [-0.2, 0) is 4.79 Å². The number of anilines is 1. The van der Waals surface area contributed by atoms with Crippen LogP contribution >= 0.6 is 0 Å². The van der Waals surface area contributed by atoms with Gasteiger partial charge in [-0.3, -0.25) is 4.79 Å². The number of pyridine rings is 1. The molecule has 4 heteroatoms. The van der Waals surface area contributed by atoms with Gasteiger partial charge < -0.3 is 10.0 Å². The molecule has 0 radical (unpaired) electrons. The van der Waals surface area contributed by atoms with Gasteiger partial charge in [-0.1, -0.05) is 6.07 Å². The minimum Gasteiger partial charge on any atom is -0.480 e. The van der Waals surface area contributed by atoms with Crippen molar-refractivity contribution in [3.8, 4) is 0 Å². The number of aromatic nitrogens is 1. The van der Waals surface area contributed by atoms with E-state index in [1.54, 1.807) is 11.1 Å². The van der Waals surface area contributed by atoms with Gasteiger partial charge >= 0.3 is 5.97 Å². The van der Waals surface area contributed by atoms with Crippen LogP contribution in [0, 0.1) is 6.92 Å². The van der Waals surface area contributed by atoms with Crippen LogP contribution in [0.5, 0.6) is 0 Å². The zero-order chi connectivity index (χ0) is 11.4. The lowest BCUT2D eigenvalue weighted by Crippen LogP contribution is -2.36. The van der Waals surface area contributed by atoms with Crippen LogP contribution in [0.2, 0.25) is 0 Å². The topological polar surface area (TPSA) is 53.4 Å². The summed E-state index contributed by atoms with van der Waals surface area (Å²) in [5.74, 6) is -0.0938. The lowest BCUT2D eigenvalue weighted by Gasteiger charge is -2.27. The monoisotopic (exact) mass is 208 g/mol. The van der Waals surface area contributed by atoms with E-state index in [0.717, 1.165) is 11.4 Å².